The van der Waals surface area contributed by atoms with E-state index in [2.05, 4.69) is 15.7 Å². The standard InChI is InChI=1S/C23H23FN4O4/c1-14-4-5-17(10-15(14)2)23(31)25-12-22(30)32-13-21(29)26-20-11-16(3)27-28(20)19-8-6-18(24)7-9-19/h4-11H,12-13H2,1-3H3,(H,25,31)(H,26,29). The number of benzene rings is 2. The summed E-state index contributed by atoms with van der Waals surface area (Å²) in [6, 6.07) is 12.5. The van der Waals surface area contributed by atoms with E-state index in [1.54, 1.807) is 25.1 Å². The van der Waals surface area contributed by atoms with Crippen molar-refractivity contribution in [1.29, 1.82) is 0 Å². The summed E-state index contributed by atoms with van der Waals surface area (Å²) in [7, 11) is 0. The molecule has 3 rings (SSSR count). The summed E-state index contributed by atoms with van der Waals surface area (Å²) < 4.78 is 19.5. The van der Waals surface area contributed by atoms with E-state index in [1.165, 1.54) is 28.9 Å². The second kappa shape index (κ2) is 9.86. The van der Waals surface area contributed by atoms with Crippen molar-refractivity contribution in [2.75, 3.05) is 18.5 Å². The van der Waals surface area contributed by atoms with Crippen molar-refractivity contribution < 1.29 is 23.5 Å². The lowest BCUT2D eigenvalue weighted by Crippen LogP contribution is -2.32. The van der Waals surface area contributed by atoms with Gasteiger partial charge in [-0.05, 0) is 68.3 Å². The van der Waals surface area contributed by atoms with E-state index in [-0.39, 0.29) is 12.4 Å². The lowest BCUT2D eigenvalue weighted by Gasteiger charge is -2.10. The highest BCUT2D eigenvalue weighted by atomic mass is 19.1. The fourth-order valence-corrected chi connectivity index (χ4v) is 2.88. The molecule has 2 aromatic carbocycles. The summed E-state index contributed by atoms with van der Waals surface area (Å²) >= 11 is 0. The second-order valence-corrected chi connectivity index (χ2v) is 7.25. The Labute approximate surface area is 184 Å². The maximum absolute atomic E-state index is 13.2. The Kier molecular flexibility index (Phi) is 6.99. The van der Waals surface area contributed by atoms with Crippen LogP contribution in [0.1, 0.15) is 27.2 Å². The molecule has 2 amide bonds. The smallest absolute Gasteiger partial charge is 0.325 e. The van der Waals surface area contributed by atoms with Crippen LogP contribution in [0.3, 0.4) is 0 Å². The Bertz CT molecular complexity index is 1160. The molecule has 0 unspecified atom stereocenters. The molecule has 0 fully saturated rings. The summed E-state index contributed by atoms with van der Waals surface area (Å²) in [6.07, 6.45) is 0. The molecule has 0 saturated carbocycles. The van der Waals surface area contributed by atoms with E-state index in [9.17, 15) is 18.8 Å². The third kappa shape index (κ3) is 5.78. The molecule has 0 bridgehead atoms. The molecule has 166 valence electrons. The van der Waals surface area contributed by atoms with Crippen LogP contribution in [0.5, 0.6) is 0 Å². The van der Waals surface area contributed by atoms with Crippen molar-refractivity contribution >= 4 is 23.6 Å². The molecule has 9 heteroatoms. The fourth-order valence-electron chi connectivity index (χ4n) is 2.88. The van der Waals surface area contributed by atoms with Crippen LogP contribution in [-0.4, -0.2) is 40.7 Å². The zero-order chi connectivity index (χ0) is 23.3. The molecule has 8 nitrogen and oxygen atoms in total. The highest BCUT2D eigenvalue weighted by Crippen LogP contribution is 2.17. The van der Waals surface area contributed by atoms with Gasteiger partial charge in [0.15, 0.2) is 6.61 Å². The van der Waals surface area contributed by atoms with E-state index in [0.29, 0.717) is 22.8 Å². The monoisotopic (exact) mass is 438 g/mol. The molecular formula is C23H23FN4O4. The zero-order valence-corrected chi connectivity index (χ0v) is 17.9. The number of esters is 1. The van der Waals surface area contributed by atoms with Gasteiger partial charge >= 0.3 is 5.97 Å². The number of anilines is 1. The summed E-state index contributed by atoms with van der Waals surface area (Å²) in [5.74, 6) is -1.78. The number of halogens is 1. The van der Waals surface area contributed by atoms with Gasteiger partial charge in [-0.25, -0.2) is 9.07 Å². The number of hydrogen-bond acceptors (Lipinski definition) is 5. The third-order valence-corrected chi connectivity index (χ3v) is 4.70. The van der Waals surface area contributed by atoms with E-state index >= 15 is 0 Å². The molecule has 0 aliphatic carbocycles. The molecule has 0 aliphatic heterocycles. The molecule has 0 spiro atoms. The minimum atomic E-state index is -0.749. The summed E-state index contributed by atoms with van der Waals surface area (Å²) in [4.78, 5) is 36.3. The van der Waals surface area contributed by atoms with Crippen LogP contribution >= 0.6 is 0 Å². The number of ether oxygens (including phenoxy) is 1. The number of aryl methyl sites for hydroxylation is 3. The minimum absolute atomic E-state index is 0.346. The lowest BCUT2D eigenvalue weighted by atomic mass is 10.1. The molecule has 1 heterocycles. The Morgan fingerprint density at radius 1 is 1.00 bits per heavy atom. The minimum Gasteiger partial charge on any atom is -0.454 e. The van der Waals surface area contributed by atoms with E-state index < -0.39 is 24.4 Å². The zero-order valence-electron chi connectivity index (χ0n) is 17.9. The maximum atomic E-state index is 13.2. The SMILES string of the molecule is Cc1cc(NC(=O)COC(=O)CNC(=O)c2ccc(C)c(C)c2)n(-c2ccc(F)cc2)n1. The van der Waals surface area contributed by atoms with Crippen molar-refractivity contribution in [2.45, 2.75) is 20.8 Å². The van der Waals surface area contributed by atoms with Gasteiger partial charge in [0.2, 0.25) is 0 Å². The molecule has 0 aliphatic rings. The molecule has 0 radical (unpaired) electrons. The van der Waals surface area contributed by atoms with Gasteiger partial charge in [0.1, 0.15) is 18.2 Å². The molecule has 3 aromatic rings. The first-order valence-electron chi connectivity index (χ1n) is 9.86. The Balaban J connectivity index is 1.51. The molecule has 1 aromatic heterocycles. The highest BCUT2D eigenvalue weighted by molar-refractivity contribution is 5.96. The van der Waals surface area contributed by atoms with Crippen molar-refractivity contribution in [1.82, 2.24) is 15.1 Å². The number of nitrogens with zero attached hydrogens (tertiary/aromatic N) is 2. The van der Waals surface area contributed by atoms with Gasteiger partial charge in [-0.3, -0.25) is 14.4 Å². The first kappa shape index (κ1) is 22.7. The van der Waals surface area contributed by atoms with E-state index in [0.717, 1.165) is 11.1 Å². The number of amides is 2. The van der Waals surface area contributed by atoms with Crippen LogP contribution in [-0.2, 0) is 14.3 Å². The molecule has 32 heavy (non-hydrogen) atoms. The molecule has 0 atom stereocenters. The topological polar surface area (TPSA) is 102 Å². The largest absolute Gasteiger partial charge is 0.454 e. The number of aromatic nitrogens is 2. The fraction of sp³-hybridized carbons (Fsp3) is 0.217. The summed E-state index contributed by atoms with van der Waals surface area (Å²) in [5, 5.41) is 9.34. The second-order valence-electron chi connectivity index (χ2n) is 7.25. The van der Waals surface area contributed by atoms with E-state index in [1.807, 2.05) is 19.9 Å². The molecular weight excluding hydrogens is 415 g/mol. The first-order valence-corrected chi connectivity index (χ1v) is 9.86. The van der Waals surface area contributed by atoms with Gasteiger partial charge in [-0.2, -0.15) is 5.10 Å². The number of carbonyl (C=O) groups is 3. The van der Waals surface area contributed by atoms with Crippen molar-refractivity contribution in [3.63, 3.8) is 0 Å². The number of nitrogens with one attached hydrogen (secondary N) is 2. The van der Waals surface area contributed by atoms with Crippen LogP contribution in [0.15, 0.2) is 48.5 Å². The number of rotatable bonds is 7. The van der Waals surface area contributed by atoms with Gasteiger partial charge < -0.3 is 15.4 Å². The van der Waals surface area contributed by atoms with Gasteiger partial charge in [-0.15, -0.1) is 0 Å². The Morgan fingerprint density at radius 2 is 1.72 bits per heavy atom. The number of hydrogen-bond donors (Lipinski definition) is 2. The van der Waals surface area contributed by atoms with Crippen molar-refractivity contribution in [3.05, 3.63) is 76.7 Å². The van der Waals surface area contributed by atoms with Crippen LogP contribution < -0.4 is 10.6 Å². The van der Waals surface area contributed by atoms with Crippen molar-refractivity contribution in [3.8, 4) is 5.69 Å². The van der Waals surface area contributed by atoms with Gasteiger partial charge in [0.25, 0.3) is 11.8 Å². The van der Waals surface area contributed by atoms with Gasteiger partial charge in [0, 0.05) is 11.6 Å². The normalized spacial score (nSPS) is 10.5. The van der Waals surface area contributed by atoms with Crippen LogP contribution in [0, 0.1) is 26.6 Å². The first-order chi connectivity index (χ1) is 15.2. The average Bonchev–Trinajstić information content (AvgIpc) is 3.12. The summed E-state index contributed by atoms with van der Waals surface area (Å²) in [5.41, 5.74) is 3.65. The maximum Gasteiger partial charge on any atom is 0.325 e. The van der Waals surface area contributed by atoms with Crippen LogP contribution in [0.2, 0.25) is 0 Å². The highest BCUT2D eigenvalue weighted by Gasteiger charge is 2.14. The average molecular weight is 438 g/mol. The molecule has 0 saturated heterocycles. The predicted octanol–water partition coefficient (Wildman–Crippen LogP) is 2.85. The van der Waals surface area contributed by atoms with Crippen molar-refractivity contribution in [2.24, 2.45) is 0 Å². The lowest BCUT2D eigenvalue weighted by molar-refractivity contribution is -0.146. The predicted molar refractivity (Wildman–Crippen MR) is 116 cm³/mol. The molecule has 2 N–H and O–H groups in total. The van der Waals surface area contributed by atoms with E-state index in [4.69, 9.17) is 4.74 Å². The van der Waals surface area contributed by atoms with Crippen LogP contribution in [0.4, 0.5) is 10.2 Å². The van der Waals surface area contributed by atoms with Gasteiger partial charge in [-0.1, -0.05) is 6.07 Å². The van der Waals surface area contributed by atoms with Gasteiger partial charge in [0.05, 0.1) is 11.4 Å². The Hall–Kier alpha value is -4.01. The summed E-state index contributed by atoms with van der Waals surface area (Å²) in [6.45, 7) is 4.67. The third-order valence-electron chi connectivity index (χ3n) is 4.70. The van der Waals surface area contributed by atoms with Crippen LogP contribution in [0.25, 0.3) is 5.69 Å². The number of carbonyl (C=O) groups excluding carboxylic acids is 3. The quantitative estimate of drug-likeness (QED) is 0.553. The Morgan fingerprint density at radius 3 is 2.41 bits per heavy atom.